The van der Waals surface area contributed by atoms with Crippen molar-refractivity contribution in [3.05, 3.63) is 46.7 Å². The molecule has 2 rings (SSSR count). The van der Waals surface area contributed by atoms with Crippen molar-refractivity contribution in [3.63, 3.8) is 0 Å². The highest BCUT2D eigenvalue weighted by molar-refractivity contribution is 9.10. The predicted octanol–water partition coefficient (Wildman–Crippen LogP) is 3.40. The molecule has 84 valence electrons. The van der Waals surface area contributed by atoms with Gasteiger partial charge in [-0.05, 0) is 40.2 Å². The van der Waals surface area contributed by atoms with E-state index in [1.807, 2.05) is 36.4 Å². The van der Waals surface area contributed by atoms with E-state index in [9.17, 15) is 0 Å². The Hall–Kier alpha value is -1.42. The number of benzene rings is 1. The lowest BCUT2D eigenvalue weighted by molar-refractivity contribution is 0.416. The first-order valence-electron chi connectivity index (χ1n) is 5.00. The van der Waals surface area contributed by atoms with Crippen molar-refractivity contribution < 1.29 is 4.74 Å². The molecule has 0 radical (unpaired) electrons. The predicted molar refractivity (Wildman–Crippen MR) is 68.8 cm³/mol. The minimum absolute atomic E-state index is 0.742. The largest absolute Gasteiger partial charge is 0.495 e. The molecule has 0 spiro atoms. The molecule has 0 atom stereocenters. The molecule has 0 saturated carbocycles. The first kappa shape index (κ1) is 11.1. The van der Waals surface area contributed by atoms with Gasteiger partial charge in [-0.15, -0.1) is 0 Å². The van der Waals surface area contributed by atoms with Gasteiger partial charge in [0.25, 0.3) is 0 Å². The standard InChI is InChI=1S/C12H13BrN2O/c1-16-11-5-3-2-4-10(11)14-8-9-6-7-12(13)15-9/h2-7,14-15H,8H2,1H3. The second kappa shape index (κ2) is 5.07. The Morgan fingerprint density at radius 1 is 1.25 bits per heavy atom. The zero-order chi connectivity index (χ0) is 11.4. The Bertz CT molecular complexity index is 468. The molecule has 2 N–H and O–H groups in total. The third-order valence-corrected chi connectivity index (χ3v) is 2.75. The fraction of sp³-hybridized carbons (Fsp3) is 0.167. The molecule has 0 amide bonds. The first-order valence-corrected chi connectivity index (χ1v) is 5.79. The second-order valence-electron chi connectivity index (χ2n) is 3.39. The van der Waals surface area contributed by atoms with Crippen LogP contribution >= 0.6 is 15.9 Å². The van der Waals surface area contributed by atoms with Crippen molar-refractivity contribution in [3.8, 4) is 5.75 Å². The normalized spacial score (nSPS) is 10.1. The Kier molecular flexibility index (Phi) is 3.51. The third-order valence-electron chi connectivity index (χ3n) is 2.29. The number of methoxy groups -OCH3 is 1. The molecule has 0 aliphatic heterocycles. The summed E-state index contributed by atoms with van der Waals surface area (Å²) < 4.78 is 6.25. The fourth-order valence-electron chi connectivity index (χ4n) is 1.49. The smallest absolute Gasteiger partial charge is 0.141 e. The number of hydrogen-bond acceptors (Lipinski definition) is 2. The number of para-hydroxylation sites is 2. The minimum Gasteiger partial charge on any atom is -0.495 e. The van der Waals surface area contributed by atoms with Gasteiger partial charge in [0, 0.05) is 5.69 Å². The lowest BCUT2D eigenvalue weighted by Gasteiger charge is -2.09. The summed E-state index contributed by atoms with van der Waals surface area (Å²) in [6.07, 6.45) is 0. The highest BCUT2D eigenvalue weighted by atomic mass is 79.9. The van der Waals surface area contributed by atoms with E-state index in [1.165, 1.54) is 0 Å². The van der Waals surface area contributed by atoms with Gasteiger partial charge in [-0.2, -0.15) is 0 Å². The molecule has 0 unspecified atom stereocenters. The van der Waals surface area contributed by atoms with E-state index in [-0.39, 0.29) is 0 Å². The minimum atomic E-state index is 0.742. The Morgan fingerprint density at radius 2 is 2.06 bits per heavy atom. The summed E-state index contributed by atoms with van der Waals surface area (Å²) in [5.41, 5.74) is 2.12. The molecule has 16 heavy (non-hydrogen) atoms. The van der Waals surface area contributed by atoms with Crippen LogP contribution in [0.3, 0.4) is 0 Å². The van der Waals surface area contributed by atoms with Gasteiger partial charge in [0.2, 0.25) is 0 Å². The van der Waals surface area contributed by atoms with Crippen molar-refractivity contribution in [2.75, 3.05) is 12.4 Å². The van der Waals surface area contributed by atoms with Crippen LogP contribution in [0.1, 0.15) is 5.69 Å². The van der Waals surface area contributed by atoms with Crippen LogP contribution in [0.4, 0.5) is 5.69 Å². The number of halogens is 1. The molecule has 2 aromatic rings. The van der Waals surface area contributed by atoms with Crippen LogP contribution in [0, 0.1) is 0 Å². The number of rotatable bonds is 4. The average molecular weight is 281 g/mol. The second-order valence-corrected chi connectivity index (χ2v) is 4.24. The van der Waals surface area contributed by atoms with Crippen molar-refractivity contribution in [1.29, 1.82) is 0 Å². The molecular formula is C12H13BrN2O. The maximum Gasteiger partial charge on any atom is 0.141 e. The molecule has 0 saturated heterocycles. The topological polar surface area (TPSA) is 37.0 Å². The number of hydrogen-bond donors (Lipinski definition) is 2. The lowest BCUT2D eigenvalue weighted by Crippen LogP contribution is -2.01. The van der Waals surface area contributed by atoms with Gasteiger partial charge in [0.1, 0.15) is 5.75 Å². The fourth-order valence-corrected chi connectivity index (χ4v) is 1.88. The number of anilines is 1. The van der Waals surface area contributed by atoms with E-state index in [0.717, 1.165) is 28.3 Å². The summed E-state index contributed by atoms with van der Waals surface area (Å²) in [6.45, 7) is 0.742. The van der Waals surface area contributed by atoms with Crippen LogP contribution in [0.15, 0.2) is 41.0 Å². The van der Waals surface area contributed by atoms with E-state index in [1.54, 1.807) is 7.11 Å². The first-order chi connectivity index (χ1) is 7.79. The molecular weight excluding hydrogens is 268 g/mol. The number of nitrogens with one attached hydrogen (secondary N) is 2. The quantitative estimate of drug-likeness (QED) is 0.901. The average Bonchev–Trinajstić information content (AvgIpc) is 2.73. The third kappa shape index (κ3) is 2.58. The Balaban J connectivity index is 2.04. The van der Waals surface area contributed by atoms with Crippen molar-refractivity contribution >= 4 is 21.6 Å². The molecule has 0 fully saturated rings. The van der Waals surface area contributed by atoms with Crippen LogP contribution in [0.2, 0.25) is 0 Å². The van der Waals surface area contributed by atoms with Gasteiger partial charge in [0.15, 0.2) is 0 Å². The van der Waals surface area contributed by atoms with Gasteiger partial charge in [-0.3, -0.25) is 0 Å². The van der Waals surface area contributed by atoms with Crippen LogP contribution in [-0.2, 0) is 6.54 Å². The highest BCUT2D eigenvalue weighted by Gasteiger charge is 2.01. The van der Waals surface area contributed by atoms with Gasteiger partial charge in [-0.25, -0.2) is 0 Å². The zero-order valence-corrected chi connectivity index (χ0v) is 10.5. The van der Waals surface area contributed by atoms with E-state index < -0.39 is 0 Å². The van der Waals surface area contributed by atoms with Crippen molar-refractivity contribution in [2.45, 2.75) is 6.54 Å². The lowest BCUT2D eigenvalue weighted by atomic mass is 10.3. The molecule has 1 heterocycles. The SMILES string of the molecule is COc1ccccc1NCc1ccc(Br)[nH]1. The highest BCUT2D eigenvalue weighted by Crippen LogP contribution is 2.23. The number of H-pyrrole nitrogens is 1. The maximum atomic E-state index is 5.26. The van der Waals surface area contributed by atoms with Crippen LogP contribution in [0.25, 0.3) is 0 Å². The van der Waals surface area contributed by atoms with Crippen LogP contribution in [-0.4, -0.2) is 12.1 Å². The molecule has 1 aromatic heterocycles. The molecule has 1 aromatic carbocycles. The number of aromatic amines is 1. The van der Waals surface area contributed by atoms with Gasteiger partial charge in [0.05, 0.1) is 23.9 Å². The van der Waals surface area contributed by atoms with Crippen molar-refractivity contribution in [2.24, 2.45) is 0 Å². The summed E-state index contributed by atoms with van der Waals surface area (Å²) in [4.78, 5) is 3.20. The summed E-state index contributed by atoms with van der Waals surface area (Å²) >= 11 is 3.38. The zero-order valence-electron chi connectivity index (χ0n) is 8.96. The molecule has 0 bridgehead atoms. The van der Waals surface area contributed by atoms with E-state index >= 15 is 0 Å². The number of ether oxygens (including phenoxy) is 1. The monoisotopic (exact) mass is 280 g/mol. The van der Waals surface area contributed by atoms with E-state index in [2.05, 4.69) is 26.2 Å². The number of aromatic nitrogens is 1. The summed E-state index contributed by atoms with van der Waals surface area (Å²) in [6, 6.07) is 11.9. The van der Waals surface area contributed by atoms with Crippen LogP contribution < -0.4 is 10.1 Å². The summed E-state index contributed by atoms with van der Waals surface area (Å²) in [5, 5.41) is 3.32. The van der Waals surface area contributed by atoms with Crippen molar-refractivity contribution in [1.82, 2.24) is 4.98 Å². The molecule has 3 nitrogen and oxygen atoms in total. The van der Waals surface area contributed by atoms with Gasteiger partial charge in [-0.1, -0.05) is 12.1 Å². The summed E-state index contributed by atoms with van der Waals surface area (Å²) in [5.74, 6) is 0.855. The summed E-state index contributed by atoms with van der Waals surface area (Å²) in [7, 11) is 1.67. The molecule has 0 aliphatic rings. The van der Waals surface area contributed by atoms with E-state index in [4.69, 9.17) is 4.74 Å². The van der Waals surface area contributed by atoms with Gasteiger partial charge >= 0.3 is 0 Å². The Labute approximate surface area is 103 Å². The van der Waals surface area contributed by atoms with Crippen LogP contribution in [0.5, 0.6) is 5.75 Å². The Morgan fingerprint density at radius 3 is 2.75 bits per heavy atom. The maximum absolute atomic E-state index is 5.26. The van der Waals surface area contributed by atoms with E-state index in [0.29, 0.717) is 0 Å². The molecule has 0 aliphatic carbocycles. The molecule has 4 heteroatoms. The van der Waals surface area contributed by atoms with Gasteiger partial charge < -0.3 is 15.0 Å².